The first-order valence-corrected chi connectivity index (χ1v) is 7.03. The van der Waals surface area contributed by atoms with E-state index in [1.807, 2.05) is 12.1 Å². The third-order valence-electron chi connectivity index (χ3n) is 2.89. The Balaban J connectivity index is 2.19. The molecule has 0 saturated carbocycles. The van der Waals surface area contributed by atoms with Crippen molar-refractivity contribution in [3.05, 3.63) is 17.7 Å². The van der Waals surface area contributed by atoms with Crippen molar-refractivity contribution in [2.45, 2.75) is 5.50 Å². The van der Waals surface area contributed by atoms with Gasteiger partial charge in [-0.15, -0.1) is 0 Å². The lowest BCUT2D eigenvalue weighted by atomic mass is 10.1. The second-order valence-electron chi connectivity index (χ2n) is 4.33. The van der Waals surface area contributed by atoms with Crippen molar-refractivity contribution >= 4 is 23.6 Å². The second kappa shape index (κ2) is 8.07. The molecule has 0 aliphatic carbocycles. The van der Waals surface area contributed by atoms with Crippen molar-refractivity contribution in [2.24, 2.45) is 4.99 Å². The Morgan fingerprint density at radius 3 is 2.29 bits per heavy atom. The van der Waals surface area contributed by atoms with Gasteiger partial charge in [0.1, 0.15) is 13.2 Å². The molecule has 0 spiro atoms. The van der Waals surface area contributed by atoms with Crippen LogP contribution in [0.1, 0.15) is 11.1 Å². The highest BCUT2D eigenvalue weighted by Crippen LogP contribution is 2.40. The maximum absolute atomic E-state index is 6.18. The van der Waals surface area contributed by atoms with Crippen molar-refractivity contribution in [1.29, 1.82) is 0 Å². The molecule has 0 aromatic heterocycles. The Bertz CT molecular complexity index is 496. The number of nitrogens with zero attached hydrogens (tertiary/aromatic N) is 1. The van der Waals surface area contributed by atoms with Gasteiger partial charge in [-0.2, -0.15) is 0 Å². The molecule has 0 saturated heterocycles. The highest BCUT2D eigenvalue weighted by molar-refractivity contribution is 6.22. The number of halogens is 1. The minimum absolute atomic E-state index is 0.430. The van der Waals surface area contributed by atoms with E-state index in [9.17, 15) is 0 Å². The summed E-state index contributed by atoms with van der Waals surface area (Å²) < 4.78 is 21.4. The van der Waals surface area contributed by atoms with Crippen LogP contribution in [0.2, 0.25) is 0 Å². The van der Waals surface area contributed by atoms with E-state index in [1.54, 1.807) is 20.6 Å². The molecule has 7 heteroatoms. The molecule has 6 nitrogen and oxygen atoms in total. The summed E-state index contributed by atoms with van der Waals surface area (Å²) in [4.78, 5) is 4.10. The first-order valence-electron chi connectivity index (χ1n) is 6.60. The summed E-state index contributed by atoms with van der Waals surface area (Å²) in [6.07, 6.45) is 1.57. The van der Waals surface area contributed by atoms with Gasteiger partial charge in [0.05, 0.1) is 19.6 Å². The molecule has 1 aliphatic rings. The average Bonchev–Trinajstić information content (AvgIpc) is 2.49. The van der Waals surface area contributed by atoms with E-state index in [1.165, 1.54) is 0 Å². The molecule has 0 unspecified atom stereocenters. The first-order chi connectivity index (χ1) is 10.3. The second-order valence-corrected chi connectivity index (χ2v) is 4.74. The van der Waals surface area contributed by atoms with Gasteiger partial charge in [0.25, 0.3) is 0 Å². The van der Waals surface area contributed by atoms with Crippen molar-refractivity contribution in [3.8, 4) is 11.5 Å². The van der Waals surface area contributed by atoms with E-state index in [0.717, 1.165) is 11.3 Å². The number of nitrogens with one attached hydrogen (secondary N) is 1. The Labute approximate surface area is 129 Å². The Hall–Kier alpha value is -1.50. The van der Waals surface area contributed by atoms with Crippen molar-refractivity contribution in [3.63, 3.8) is 0 Å². The molecule has 0 amide bonds. The van der Waals surface area contributed by atoms with Gasteiger partial charge in [-0.1, -0.05) is 11.6 Å². The highest BCUT2D eigenvalue weighted by Gasteiger charge is 2.19. The fraction of sp³-hybridized carbons (Fsp3) is 0.500. The SMILES string of the molecule is COCCOc1cc2c(cc1OCCOC)[C@H](Cl)N=CN2. The third kappa shape index (κ3) is 4.23. The average molecular weight is 315 g/mol. The zero-order valence-corrected chi connectivity index (χ0v) is 12.9. The molecule has 1 atom stereocenters. The number of hydrogen-bond donors (Lipinski definition) is 1. The quantitative estimate of drug-likeness (QED) is 0.453. The van der Waals surface area contributed by atoms with Gasteiger partial charge in [-0.05, 0) is 6.07 Å². The van der Waals surface area contributed by atoms with Gasteiger partial charge in [0, 0.05) is 31.5 Å². The number of alkyl halides is 1. The molecule has 1 heterocycles. The van der Waals surface area contributed by atoms with Crippen LogP contribution in [-0.4, -0.2) is 47.0 Å². The Morgan fingerprint density at radius 2 is 1.67 bits per heavy atom. The van der Waals surface area contributed by atoms with Crippen LogP contribution in [0.5, 0.6) is 11.5 Å². The fourth-order valence-electron chi connectivity index (χ4n) is 1.85. The van der Waals surface area contributed by atoms with Crippen LogP contribution in [0.25, 0.3) is 0 Å². The fourth-order valence-corrected chi connectivity index (χ4v) is 2.08. The van der Waals surface area contributed by atoms with E-state index in [0.29, 0.717) is 37.9 Å². The monoisotopic (exact) mass is 314 g/mol. The zero-order valence-electron chi connectivity index (χ0n) is 12.1. The van der Waals surface area contributed by atoms with Crippen LogP contribution in [0, 0.1) is 0 Å². The molecular formula is C14H19ClN2O4. The van der Waals surface area contributed by atoms with Gasteiger partial charge in [-0.3, -0.25) is 4.99 Å². The van der Waals surface area contributed by atoms with Crippen LogP contribution in [0.3, 0.4) is 0 Å². The van der Waals surface area contributed by atoms with E-state index < -0.39 is 5.50 Å². The minimum atomic E-state index is -0.431. The van der Waals surface area contributed by atoms with Gasteiger partial charge >= 0.3 is 0 Å². The molecule has 0 radical (unpaired) electrons. The van der Waals surface area contributed by atoms with E-state index in [4.69, 9.17) is 30.5 Å². The molecular weight excluding hydrogens is 296 g/mol. The number of aliphatic imine (C=N–C) groups is 1. The van der Waals surface area contributed by atoms with Crippen LogP contribution in [0.4, 0.5) is 5.69 Å². The lowest BCUT2D eigenvalue weighted by molar-refractivity contribution is 0.132. The Morgan fingerprint density at radius 1 is 1.05 bits per heavy atom. The van der Waals surface area contributed by atoms with Gasteiger partial charge in [-0.25, -0.2) is 0 Å². The smallest absolute Gasteiger partial charge is 0.163 e. The summed E-state index contributed by atoms with van der Waals surface area (Å²) in [6.45, 7) is 1.87. The summed E-state index contributed by atoms with van der Waals surface area (Å²) in [5.41, 5.74) is 1.28. The summed E-state index contributed by atoms with van der Waals surface area (Å²) >= 11 is 6.18. The number of benzene rings is 1. The predicted molar refractivity (Wildman–Crippen MR) is 81.9 cm³/mol. The van der Waals surface area contributed by atoms with E-state index in [2.05, 4.69) is 10.3 Å². The van der Waals surface area contributed by atoms with E-state index in [-0.39, 0.29) is 0 Å². The summed E-state index contributed by atoms with van der Waals surface area (Å²) in [5.74, 6) is 1.25. The molecule has 1 aromatic carbocycles. The maximum Gasteiger partial charge on any atom is 0.163 e. The molecule has 0 fully saturated rings. The van der Waals surface area contributed by atoms with Gasteiger partial charge in [0.15, 0.2) is 17.0 Å². The number of rotatable bonds is 8. The van der Waals surface area contributed by atoms with Crippen molar-refractivity contribution in [1.82, 2.24) is 0 Å². The van der Waals surface area contributed by atoms with Crippen LogP contribution in [-0.2, 0) is 9.47 Å². The minimum Gasteiger partial charge on any atom is -0.487 e. The Kier molecular flexibility index (Phi) is 6.10. The van der Waals surface area contributed by atoms with Crippen LogP contribution >= 0.6 is 11.6 Å². The van der Waals surface area contributed by atoms with E-state index >= 15 is 0 Å². The zero-order chi connectivity index (χ0) is 15.1. The number of methoxy groups -OCH3 is 2. The topological polar surface area (TPSA) is 61.3 Å². The lowest BCUT2D eigenvalue weighted by Crippen LogP contribution is -2.12. The predicted octanol–water partition coefficient (Wildman–Crippen LogP) is 2.43. The molecule has 0 bridgehead atoms. The number of hydrogen-bond acceptors (Lipinski definition) is 6. The van der Waals surface area contributed by atoms with Gasteiger partial charge < -0.3 is 24.3 Å². The normalized spacial score (nSPS) is 16.2. The number of ether oxygens (including phenoxy) is 4. The van der Waals surface area contributed by atoms with Gasteiger partial charge in [0.2, 0.25) is 0 Å². The van der Waals surface area contributed by atoms with Crippen molar-refractivity contribution in [2.75, 3.05) is 46.0 Å². The molecule has 2 rings (SSSR count). The summed E-state index contributed by atoms with van der Waals surface area (Å²) in [5, 5.41) is 3.05. The largest absolute Gasteiger partial charge is 0.487 e. The third-order valence-corrected chi connectivity index (χ3v) is 3.24. The van der Waals surface area contributed by atoms with Crippen LogP contribution < -0.4 is 14.8 Å². The molecule has 1 aromatic rings. The molecule has 21 heavy (non-hydrogen) atoms. The number of fused-ring (bicyclic) bond motifs is 1. The first kappa shape index (κ1) is 15.9. The number of anilines is 1. The standard InChI is InChI=1S/C14H19ClN2O4/c1-18-3-5-20-12-7-10-11(16-9-17-14(10)15)8-13(12)21-6-4-19-2/h7-9,14H,3-6H2,1-2H3,(H,16,17)/t14-/m1/s1. The summed E-state index contributed by atoms with van der Waals surface area (Å²) in [6, 6.07) is 3.70. The molecule has 1 aliphatic heterocycles. The van der Waals surface area contributed by atoms with Crippen molar-refractivity contribution < 1.29 is 18.9 Å². The molecule has 116 valence electrons. The molecule has 1 N–H and O–H groups in total. The summed E-state index contributed by atoms with van der Waals surface area (Å²) in [7, 11) is 3.25. The maximum atomic E-state index is 6.18. The lowest BCUT2D eigenvalue weighted by Gasteiger charge is -2.20. The van der Waals surface area contributed by atoms with Crippen LogP contribution in [0.15, 0.2) is 17.1 Å². The highest BCUT2D eigenvalue weighted by atomic mass is 35.5.